The van der Waals surface area contributed by atoms with Crippen LogP contribution in [0.1, 0.15) is 12.5 Å². The van der Waals surface area contributed by atoms with Crippen molar-refractivity contribution in [2.75, 3.05) is 6.61 Å². The van der Waals surface area contributed by atoms with E-state index in [1.165, 1.54) is 6.07 Å². The maximum Gasteiger partial charge on any atom is 0.137 e. The average molecular weight is 245 g/mol. The lowest BCUT2D eigenvalue weighted by molar-refractivity contribution is 0.332. The van der Waals surface area contributed by atoms with Crippen LogP contribution >= 0.6 is 15.9 Å². The fourth-order valence-electron chi connectivity index (χ4n) is 0.932. The SMILES string of the molecule is C/C(=C/c1ccc(Br)c(F)c1)CO. The molecule has 3 heteroatoms. The first-order chi connectivity index (χ1) is 6.13. The van der Waals surface area contributed by atoms with Gasteiger partial charge in [-0.3, -0.25) is 0 Å². The molecule has 0 aliphatic heterocycles. The summed E-state index contributed by atoms with van der Waals surface area (Å²) in [6.45, 7) is 1.79. The lowest BCUT2D eigenvalue weighted by atomic mass is 10.1. The molecule has 0 aliphatic carbocycles. The third-order valence-corrected chi connectivity index (χ3v) is 2.25. The number of halogens is 2. The summed E-state index contributed by atoms with van der Waals surface area (Å²) in [5.41, 5.74) is 1.56. The van der Waals surface area contributed by atoms with Gasteiger partial charge >= 0.3 is 0 Å². The normalized spacial score (nSPS) is 11.8. The molecule has 1 nitrogen and oxygen atoms in total. The second-order valence-corrected chi connectivity index (χ2v) is 3.68. The topological polar surface area (TPSA) is 20.2 Å². The average Bonchev–Trinajstić information content (AvgIpc) is 2.11. The number of rotatable bonds is 2. The Bertz CT molecular complexity index is 334. The molecule has 1 rings (SSSR count). The zero-order valence-corrected chi connectivity index (χ0v) is 8.81. The first kappa shape index (κ1) is 10.4. The van der Waals surface area contributed by atoms with E-state index in [9.17, 15) is 4.39 Å². The van der Waals surface area contributed by atoms with Gasteiger partial charge in [-0.05, 0) is 46.1 Å². The standard InChI is InChI=1S/C10H10BrFO/c1-7(6-13)4-8-2-3-9(11)10(12)5-8/h2-5,13H,6H2,1H3/b7-4-. The van der Waals surface area contributed by atoms with E-state index in [4.69, 9.17) is 5.11 Å². The summed E-state index contributed by atoms with van der Waals surface area (Å²) in [5, 5.41) is 8.75. The predicted octanol–water partition coefficient (Wildman–Crippen LogP) is 2.98. The monoisotopic (exact) mass is 244 g/mol. The van der Waals surface area contributed by atoms with Crippen LogP contribution in [-0.4, -0.2) is 11.7 Å². The largest absolute Gasteiger partial charge is 0.392 e. The Kier molecular flexibility index (Phi) is 3.63. The van der Waals surface area contributed by atoms with Crippen molar-refractivity contribution in [3.05, 3.63) is 39.6 Å². The third kappa shape index (κ3) is 2.94. The molecule has 0 saturated carbocycles. The maximum absolute atomic E-state index is 13.0. The third-order valence-electron chi connectivity index (χ3n) is 1.61. The van der Waals surface area contributed by atoms with E-state index in [2.05, 4.69) is 15.9 Å². The molecule has 0 heterocycles. The summed E-state index contributed by atoms with van der Waals surface area (Å²) in [6, 6.07) is 4.85. The molecular formula is C10H10BrFO. The quantitative estimate of drug-likeness (QED) is 0.849. The lowest BCUT2D eigenvalue weighted by Gasteiger charge is -1.98. The summed E-state index contributed by atoms with van der Waals surface area (Å²) in [7, 11) is 0. The van der Waals surface area contributed by atoms with Crippen molar-refractivity contribution in [1.29, 1.82) is 0 Å². The molecule has 0 amide bonds. The fourth-order valence-corrected chi connectivity index (χ4v) is 1.18. The Morgan fingerprint density at radius 1 is 1.62 bits per heavy atom. The molecule has 0 spiro atoms. The first-order valence-corrected chi connectivity index (χ1v) is 4.66. The Hall–Kier alpha value is -0.670. The van der Waals surface area contributed by atoms with Crippen LogP contribution in [0.5, 0.6) is 0 Å². The number of aliphatic hydroxyl groups is 1. The second kappa shape index (κ2) is 4.53. The zero-order valence-electron chi connectivity index (χ0n) is 7.22. The molecular weight excluding hydrogens is 235 g/mol. The number of benzene rings is 1. The predicted molar refractivity (Wildman–Crippen MR) is 54.8 cm³/mol. The van der Waals surface area contributed by atoms with Gasteiger partial charge < -0.3 is 5.11 Å². The van der Waals surface area contributed by atoms with Crippen LogP contribution in [0.2, 0.25) is 0 Å². The molecule has 0 fully saturated rings. The Labute approximate surface area is 85.0 Å². The van der Waals surface area contributed by atoms with Crippen LogP contribution in [0.4, 0.5) is 4.39 Å². The Morgan fingerprint density at radius 2 is 2.31 bits per heavy atom. The van der Waals surface area contributed by atoms with E-state index < -0.39 is 0 Å². The van der Waals surface area contributed by atoms with Gasteiger partial charge in [0, 0.05) is 0 Å². The molecule has 1 N–H and O–H groups in total. The van der Waals surface area contributed by atoms with E-state index in [0.717, 1.165) is 11.1 Å². The zero-order chi connectivity index (χ0) is 9.84. The van der Waals surface area contributed by atoms with Crippen LogP contribution in [-0.2, 0) is 0 Å². The van der Waals surface area contributed by atoms with E-state index >= 15 is 0 Å². The molecule has 0 bridgehead atoms. The molecule has 70 valence electrons. The van der Waals surface area contributed by atoms with E-state index in [1.54, 1.807) is 25.1 Å². The van der Waals surface area contributed by atoms with Crippen LogP contribution in [0, 0.1) is 5.82 Å². The van der Waals surface area contributed by atoms with Gasteiger partial charge in [0.25, 0.3) is 0 Å². The van der Waals surface area contributed by atoms with Crippen molar-refractivity contribution in [1.82, 2.24) is 0 Å². The van der Waals surface area contributed by atoms with Crippen molar-refractivity contribution in [2.24, 2.45) is 0 Å². The molecule has 1 aromatic rings. The number of aliphatic hydroxyl groups excluding tert-OH is 1. The highest BCUT2D eigenvalue weighted by Crippen LogP contribution is 2.17. The minimum absolute atomic E-state index is 0.00230. The van der Waals surface area contributed by atoms with Gasteiger partial charge in [-0.2, -0.15) is 0 Å². The highest BCUT2D eigenvalue weighted by atomic mass is 79.9. The second-order valence-electron chi connectivity index (χ2n) is 2.82. The summed E-state index contributed by atoms with van der Waals surface area (Å²) >= 11 is 3.07. The Balaban J connectivity index is 2.98. The number of hydrogen-bond acceptors (Lipinski definition) is 1. The molecule has 0 radical (unpaired) electrons. The van der Waals surface area contributed by atoms with Gasteiger partial charge in [0.15, 0.2) is 0 Å². The maximum atomic E-state index is 13.0. The fraction of sp³-hybridized carbons (Fsp3) is 0.200. The van der Waals surface area contributed by atoms with Crippen LogP contribution in [0.15, 0.2) is 28.2 Å². The van der Waals surface area contributed by atoms with Crippen LogP contribution < -0.4 is 0 Å². The minimum atomic E-state index is -0.292. The van der Waals surface area contributed by atoms with E-state index in [0.29, 0.717) is 4.47 Å². The van der Waals surface area contributed by atoms with Gasteiger partial charge in [0.2, 0.25) is 0 Å². The van der Waals surface area contributed by atoms with Crippen molar-refractivity contribution < 1.29 is 9.50 Å². The smallest absolute Gasteiger partial charge is 0.137 e. The molecule has 0 unspecified atom stereocenters. The van der Waals surface area contributed by atoms with Crippen molar-refractivity contribution in [2.45, 2.75) is 6.92 Å². The van der Waals surface area contributed by atoms with Gasteiger partial charge in [-0.25, -0.2) is 4.39 Å². The van der Waals surface area contributed by atoms with Crippen molar-refractivity contribution >= 4 is 22.0 Å². The summed E-state index contributed by atoms with van der Waals surface area (Å²) < 4.78 is 13.4. The molecule has 0 atom stereocenters. The lowest BCUT2D eigenvalue weighted by Crippen LogP contribution is -1.85. The van der Waals surface area contributed by atoms with E-state index in [1.807, 2.05) is 0 Å². The Morgan fingerprint density at radius 3 is 2.85 bits per heavy atom. The van der Waals surface area contributed by atoms with Gasteiger partial charge in [-0.1, -0.05) is 12.1 Å². The van der Waals surface area contributed by atoms with Gasteiger partial charge in [-0.15, -0.1) is 0 Å². The highest BCUT2D eigenvalue weighted by molar-refractivity contribution is 9.10. The highest BCUT2D eigenvalue weighted by Gasteiger charge is 1.98. The summed E-state index contributed by atoms with van der Waals surface area (Å²) in [6.07, 6.45) is 1.75. The molecule has 0 aromatic heterocycles. The number of hydrogen-bond donors (Lipinski definition) is 1. The van der Waals surface area contributed by atoms with Gasteiger partial charge in [0.1, 0.15) is 5.82 Å². The van der Waals surface area contributed by atoms with Crippen LogP contribution in [0.3, 0.4) is 0 Å². The molecule has 0 saturated heterocycles. The van der Waals surface area contributed by atoms with Gasteiger partial charge in [0.05, 0.1) is 11.1 Å². The van der Waals surface area contributed by atoms with Crippen LogP contribution in [0.25, 0.3) is 6.08 Å². The summed E-state index contributed by atoms with van der Waals surface area (Å²) in [4.78, 5) is 0. The minimum Gasteiger partial charge on any atom is -0.392 e. The summed E-state index contributed by atoms with van der Waals surface area (Å²) in [5.74, 6) is -0.292. The first-order valence-electron chi connectivity index (χ1n) is 3.86. The van der Waals surface area contributed by atoms with E-state index in [-0.39, 0.29) is 12.4 Å². The van der Waals surface area contributed by atoms with Crippen molar-refractivity contribution in [3.63, 3.8) is 0 Å². The molecule has 13 heavy (non-hydrogen) atoms. The molecule has 0 aliphatic rings. The van der Waals surface area contributed by atoms with Crippen molar-refractivity contribution in [3.8, 4) is 0 Å². The molecule has 1 aromatic carbocycles.